The van der Waals surface area contributed by atoms with Crippen LogP contribution in [0.15, 0.2) is 75.8 Å². The molecule has 0 fully saturated rings. The first-order valence-corrected chi connectivity index (χ1v) is 13.4. The van der Waals surface area contributed by atoms with Crippen molar-refractivity contribution in [3.05, 3.63) is 81.8 Å². The summed E-state index contributed by atoms with van der Waals surface area (Å²) in [6, 6.07) is 15.5. The molecule has 4 aromatic rings. The second-order valence-corrected chi connectivity index (χ2v) is 10.2. The van der Waals surface area contributed by atoms with E-state index in [1.807, 2.05) is 6.92 Å². The number of nitrogens with one attached hydrogen (secondary N) is 1. The summed E-state index contributed by atoms with van der Waals surface area (Å²) >= 11 is 12.2. The van der Waals surface area contributed by atoms with Crippen molar-refractivity contribution in [1.82, 2.24) is 0 Å². The molecule has 0 radical (unpaired) electrons. The molecule has 0 heterocycles. The van der Waals surface area contributed by atoms with E-state index in [9.17, 15) is 22.9 Å². The molecular weight excluding hydrogens is 576 g/mol. The van der Waals surface area contributed by atoms with Crippen LogP contribution >= 0.6 is 23.2 Å². The third-order valence-electron chi connectivity index (χ3n) is 5.54. The first-order chi connectivity index (χ1) is 18.0. The number of ether oxygens (including phenoxy) is 1. The molecule has 0 saturated heterocycles. The summed E-state index contributed by atoms with van der Waals surface area (Å²) < 4.78 is 39.1. The maximum absolute atomic E-state index is 13.4. The topological polar surface area (TPSA) is 140 Å². The zero-order valence-corrected chi connectivity index (χ0v) is 25.4. The molecule has 0 atom stereocenters. The van der Waals surface area contributed by atoms with E-state index in [0.29, 0.717) is 28.8 Å². The Bertz CT molecular complexity index is 1710. The molecule has 0 bridgehead atoms. The molecule has 4 rings (SSSR count). The van der Waals surface area contributed by atoms with E-state index >= 15 is 0 Å². The molecule has 0 aliphatic carbocycles. The van der Waals surface area contributed by atoms with Crippen LogP contribution in [0.2, 0.25) is 10.0 Å². The number of anilines is 1. The predicted octanol–water partition coefficient (Wildman–Crippen LogP) is 3.85. The maximum Gasteiger partial charge on any atom is 1.00 e. The SMILES string of the molecule is CCOc1ccc(NC(=O)c2cc3ccccc3c(N=Nc3ccc(Cl)c(C)c3S(=O)(=O)O)c2[O-])cc1Cl.[Na+]. The molecule has 9 nitrogen and oxygen atoms in total. The second-order valence-electron chi connectivity index (χ2n) is 8.05. The predicted molar refractivity (Wildman–Crippen MR) is 144 cm³/mol. The first kappa shape index (κ1) is 30.8. The van der Waals surface area contributed by atoms with E-state index in [1.165, 1.54) is 31.2 Å². The van der Waals surface area contributed by atoms with Crippen LogP contribution in [0.25, 0.3) is 10.8 Å². The average Bonchev–Trinajstić information content (AvgIpc) is 2.86. The van der Waals surface area contributed by atoms with Gasteiger partial charge < -0.3 is 15.2 Å². The van der Waals surface area contributed by atoms with Gasteiger partial charge in [-0.3, -0.25) is 9.35 Å². The van der Waals surface area contributed by atoms with E-state index in [-0.39, 0.29) is 62.1 Å². The van der Waals surface area contributed by atoms with Crippen LogP contribution in [0.5, 0.6) is 11.5 Å². The van der Waals surface area contributed by atoms with Gasteiger partial charge in [-0.1, -0.05) is 53.2 Å². The molecule has 0 aromatic heterocycles. The third kappa shape index (κ3) is 6.72. The number of benzene rings is 4. The van der Waals surface area contributed by atoms with Gasteiger partial charge in [-0.05, 0) is 61.2 Å². The van der Waals surface area contributed by atoms with Crippen LogP contribution in [0.1, 0.15) is 22.8 Å². The fourth-order valence-electron chi connectivity index (χ4n) is 3.79. The molecule has 39 heavy (non-hydrogen) atoms. The van der Waals surface area contributed by atoms with Gasteiger partial charge in [0.2, 0.25) is 0 Å². The Morgan fingerprint density at radius 1 is 1.05 bits per heavy atom. The molecule has 0 unspecified atom stereocenters. The molecule has 13 heteroatoms. The van der Waals surface area contributed by atoms with Gasteiger partial charge in [-0.2, -0.15) is 13.5 Å². The van der Waals surface area contributed by atoms with Crippen molar-refractivity contribution in [3.8, 4) is 11.5 Å². The number of nitrogens with zero attached hydrogens (tertiary/aromatic N) is 2. The van der Waals surface area contributed by atoms with Crippen LogP contribution in [-0.4, -0.2) is 25.5 Å². The number of carbonyl (C=O) groups excluding carboxylic acids is 1. The van der Waals surface area contributed by atoms with Gasteiger partial charge in [-0.15, -0.1) is 5.11 Å². The van der Waals surface area contributed by atoms with Crippen molar-refractivity contribution in [2.45, 2.75) is 18.7 Å². The Kier molecular flexibility index (Phi) is 10.0. The number of carbonyl (C=O) groups is 1. The molecule has 1 amide bonds. The van der Waals surface area contributed by atoms with E-state index in [4.69, 9.17) is 27.9 Å². The summed E-state index contributed by atoms with van der Waals surface area (Å²) in [5.74, 6) is -0.994. The number of halogens is 2. The summed E-state index contributed by atoms with van der Waals surface area (Å²) in [6.07, 6.45) is 0. The Labute approximate surface area is 256 Å². The Morgan fingerprint density at radius 2 is 1.77 bits per heavy atom. The van der Waals surface area contributed by atoms with Gasteiger partial charge in [0.15, 0.2) is 0 Å². The van der Waals surface area contributed by atoms with Crippen molar-refractivity contribution in [2.24, 2.45) is 10.2 Å². The molecular formula is C26H20Cl2N3NaO6S. The van der Waals surface area contributed by atoms with E-state index in [1.54, 1.807) is 36.4 Å². The Hall–Kier alpha value is -2.70. The van der Waals surface area contributed by atoms with Crippen molar-refractivity contribution in [3.63, 3.8) is 0 Å². The van der Waals surface area contributed by atoms with Gasteiger partial charge in [0.25, 0.3) is 16.0 Å². The van der Waals surface area contributed by atoms with Gasteiger partial charge in [0.1, 0.15) is 16.3 Å². The summed E-state index contributed by atoms with van der Waals surface area (Å²) in [7, 11) is -4.71. The van der Waals surface area contributed by atoms with Crippen LogP contribution in [-0.2, 0) is 10.1 Å². The fraction of sp³-hybridized carbons (Fsp3) is 0.115. The average molecular weight is 596 g/mol. The van der Waals surface area contributed by atoms with Crippen molar-refractivity contribution in [2.75, 3.05) is 11.9 Å². The monoisotopic (exact) mass is 595 g/mol. The van der Waals surface area contributed by atoms with Crippen molar-refractivity contribution >= 4 is 67.1 Å². The van der Waals surface area contributed by atoms with E-state index in [2.05, 4.69) is 15.5 Å². The zero-order valence-electron chi connectivity index (χ0n) is 21.0. The quantitative estimate of drug-likeness (QED) is 0.189. The summed E-state index contributed by atoms with van der Waals surface area (Å²) in [5, 5.41) is 25.3. The molecule has 0 aliphatic rings. The number of hydrogen-bond acceptors (Lipinski definition) is 7. The normalized spacial score (nSPS) is 11.4. The standard InChI is InChI=1S/C26H21Cl2N3O6S.Na/c1-3-37-22-11-8-16(13-20(22)28)29-26(33)18-12-15-6-4-5-7-17(15)23(24(18)32)31-30-21-10-9-19(27)14(2)25(21)38(34,35)36;/h4-13,32H,3H2,1-2H3,(H,29,33)(H,34,35,36);/q;+1/p-1. The summed E-state index contributed by atoms with van der Waals surface area (Å²) in [4.78, 5) is 12.6. The summed E-state index contributed by atoms with van der Waals surface area (Å²) in [6.45, 7) is 3.63. The third-order valence-corrected chi connectivity index (χ3v) is 7.28. The largest absolute Gasteiger partial charge is 1.00 e. The van der Waals surface area contributed by atoms with E-state index in [0.717, 1.165) is 0 Å². The minimum atomic E-state index is -4.71. The van der Waals surface area contributed by atoms with Gasteiger partial charge >= 0.3 is 29.6 Å². The van der Waals surface area contributed by atoms with Crippen molar-refractivity contribution < 1.29 is 57.2 Å². The first-order valence-electron chi connectivity index (χ1n) is 11.2. The number of azo groups is 1. The van der Waals surface area contributed by atoms with Gasteiger partial charge in [0, 0.05) is 21.7 Å². The molecule has 0 aliphatic heterocycles. The second kappa shape index (κ2) is 12.6. The van der Waals surface area contributed by atoms with E-state index < -0.39 is 26.7 Å². The molecule has 0 spiro atoms. The Morgan fingerprint density at radius 3 is 2.44 bits per heavy atom. The molecule has 0 saturated carbocycles. The zero-order chi connectivity index (χ0) is 27.6. The van der Waals surface area contributed by atoms with Crippen LogP contribution in [0.3, 0.4) is 0 Å². The molecule has 2 N–H and O–H groups in total. The minimum Gasteiger partial charge on any atom is -0.870 e. The minimum absolute atomic E-state index is 0. The smallest absolute Gasteiger partial charge is 0.870 e. The maximum atomic E-state index is 13.4. The number of hydrogen-bond donors (Lipinski definition) is 2. The van der Waals surface area contributed by atoms with Crippen molar-refractivity contribution in [1.29, 1.82) is 0 Å². The number of amides is 1. The number of fused-ring (bicyclic) bond motifs is 1. The fourth-order valence-corrected chi connectivity index (χ4v) is 5.11. The summed E-state index contributed by atoms with van der Waals surface area (Å²) in [5.41, 5.74) is -0.220. The number of rotatable bonds is 7. The van der Waals surface area contributed by atoms with Gasteiger partial charge in [0.05, 0.1) is 17.3 Å². The molecule has 196 valence electrons. The van der Waals surface area contributed by atoms with Crippen LogP contribution < -0.4 is 44.7 Å². The Balaban J connectivity index is 0.00000420. The van der Waals surface area contributed by atoms with Gasteiger partial charge in [-0.25, -0.2) is 0 Å². The van der Waals surface area contributed by atoms with Crippen LogP contribution in [0.4, 0.5) is 17.1 Å². The molecule has 4 aromatic carbocycles. The van der Waals surface area contributed by atoms with Crippen LogP contribution in [0, 0.1) is 6.92 Å².